The van der Waals surface area contributed by atoms with Crippen molar-refractivity contribution in [2.75, 3.05) is 6.61 Å². The predicted molar refractivity (Wildman–Crippen MR) is 77.3 cm³/mol. The molecule has 1 aliphatic heterocycles. The Morgan fingerprint density at radius 1 is 1.15 bits per heavy atom. The molecule has 0 fully saturated rings. The van der Waals surface area contributed by atoms with Gasteiger partial charge in [0.15, 0.2) is 0 Å². The highest BCUT2D eigenvalue weighted by Crippen LogP contribution is 2.33. The van der Waals surface area contributed by atoms with Crippen molar-refractivity contribution in [3.05, 3.63) is 65.0 Å². The lowest BCUT2D eigenvalue weighted by atomic mass is 9.94. The molecule has 0 saturated carbocycles. The molecule has 2 aromatic carbocycles. The molecule has 0 radical (unpaired) electrons. The Balaban J connectivity index is 1.83. The van der Waals surface area contributed by atoms with Gasteiger partial charge < -0.3 is 10.5 Å². The van der Waals surface area contributed by atoms with E-state index in [2.05, 4.69) is 6.07 Å². The summed E-state index contributed by atoms with van der Waals surface area (Å²) in [5, 5.41) is 0. The van der Waals surface area contributed by atoms with E-state index in [1.54, 1.807) is 12.1 Å². The zero-order valence-electron chi connectivity index (χ0n) is 11.3. The third kappa shape index (κ3) is 2.68. The maximum absolute atomic E-state index is 12.9. The van der Waals surface area contributed by atoms with Gasteiger partial charge in [0.2, 0.25) is 0 Å². The maximum atomic E-state index is 12.9. The van der Waals surface area contributed by atoms with Crippen LogP contribution < -0.4 is 10.5 Å². The van der Waals surface area contributed by atoms with E-state index in [9.17, 15) is 4.39 Å². The van der Waals surface area contributed by atoms with E-state index >= 15 is 0 Å². The van der Waals surface area contributed by atoms with Crippen molar-refractivity contribution < 1.29 is 9.13 Å². The third-order valence-electron chi connectivity index (χ3n) is 3.73. The van der Waals surface area contributed by atoms with Gasteiger partial charge in [0.05, 0.1) is 6.61 Å². The topological polar surface area (TPSA) is 35.2 Å². The molecule has 1 unspecified atom stereocenters. The van der Waals surface area contributed by atoms with Crippen LogP contribution in [-0.4, -0.2) is 6.61 Å². The minimum atomic E-state index is -0.220. The number of ether oxygens (including phenoxy) is 1. The molecule has 0 aliphatic carbocycles. The molecule has 0 spiro atoms. The number of aryl methyl sites for hydroxylation is 1. The number of benzene rings is 2. The zero-order chi connectivity index (χ0) is 13.9. The van der Waals surface area contributed by atoms with E-state index in [1.165, 1.54) is 17.7 Å². The fourth-order valence-corrected chi connectivity index (χ4v) is 2.69. The quantitative estimate of drug-likeness (QED) is 0.928. The summed E-state index contributed by atoms with van der Waals surface area (Å²) in [6.45, 7) is 0.757. The molecular weight excluding hydrogens is 253 g/mol. The van der Waals surface area contributed by atoms with Crippen molar-refractivity contribution in [2.24, 2.45) is 5.73 Å². The third-order valence-corrected chi connectivity index (χ3v) is 3.73. The summed E-state index contributed by atoms with van der Waals surface area (Å²) in [6, 6.07) is 12.5. The molecule has 3 rings (SSSR count). The minimum absolute atomic E-state index is 0.131. The van der Waals surface area contributed by atoms with Crippen LogP contribution in [0.25, 0.3) is 0 Å². The van der Waals surface area contributed by atoms with Crippen molar-refractivity contribution in [3.8, 4) is 5.75 Å². The Bertz CT molecular complexity index is 594. The van der Waals surface area contributed by atoms with Crippen LogP contribution in [0.4, 0.5) is 4.39 Å². The van der Waals surface area contributed by atoms with Gasteiger partial charge in [0.1, 0.15) is 11.6 Å². The van der Waals surface area contributed by atoms with Gasteiger partial charge in [0, 0.05) is 11.6 Å². The molecule has 0 aromatic heterocycles. The smallest absolute Gasteiger partial charge is 0.127 e. The molecule has 2 N–H and O–H groups in total. The van der Waals surface area contributed by atoms with Crippen LogP contribution in [-0.2, 0) is 12.8 Å². The summed E-state index contributed by atoms with van der Waals surface area (Å²) in [4.78, 5) is 0. The Morgan fingerprint density at radius 3 is 2.75 bits per heavy atom. The van der Waals surface area contributed by atoms with Crippen LogP contribution >= 0.6 is 0 Å². The van der Waals surface area contributed by atoms with Crippen LogP contribution in [0.1, 0.15) is 29.2 Å². The van der Waals surface area contributed by atoms with Gasteiger partial charge in [-0.05, 0) is 42.5 Å². The number of fused-ring (bicyclic) bond motifs is 1. The fraction of sp³-hybridized carbons (Fsp3) is 0.294. The molecule has 2 aromatic rings. The highest BCUT2D eigenvalue weighted by molar-refractivity contribution is 5.44. The number of nitrogens with two attached hydrogens (primary N) is 1. The van der Waals surface area contributed by atoms with Gasteiger partial charge in [-0.2, -0.15) is 0 Å². The van der Waals surface area contributed by atoms with Crippen molar-refractivity contribution in [3.63, 3.8) is 0 Å². The van der Waals surface area contributed by atoms with E-state index in [-0.39, 0.29) is 11.9 Å². The number of rotatable bonds is 3. The molecule has 1 atom stereocenters. The fourth-order valence-electron chi connectivity index (χ4n) is 2.69. The lowest BCUT2D eigenvalue weighted by Crippen LogP contribution is -2.18. The first-order valence-electron chi connectivity index (χ1n) is 6.98. The average Bonchev–Trinajstić information content (AvgIpc) is 2.49. The summed E-state index contributed by atoms with van der Waals surface area (Å²) in [5.41, 5.74) is 9.64. The highest BCUT2D eigenvalue weighted by Gasteiger charge is 2.18. The molecule has 20 heavy (non-hydrogen) atoms. The molecular formula is C17H18FNO. The molecule has 2 nitrogen and oxygen atoms in total. The van der Waals surface area contributed by atoms with Gasteiger partial charge in [0.25, 0.3) is 0 Å². The van der Waals surface area contributed by atoms with Gasteiger partial charge in [-0.15, -0.1) is 0 Å². The van der Waals surface area contributed by atoms with Gasteiger partial charge in [-0.3, -0.25) is 0 Å². The minimum Gasteiger partial charge on any atom is -0.493 e. The van der Waals surface area contributed by atoms with Crippen LogP contribution in [0.2, 0.25) is 0 Å². The Morgan fingerprint density at radius 2 is 1.95 bits per heavy atom. The van der Waals surface area contributed by atoms with Crippen molar-refractivity contribution >= 4 is 0 Å². The van der Waals surface area contributed by atoms with Crippen LogP contribution in [0.15, 0.2) is 42.5 Å². The normalized spacial score (nSPS) is 15.3. The molecule has 0 bridgehead atoms. The summed E-state index contributed by atoms with van der Waals surface area (Å²) in [5.74, 6) is 0.733. The van der Waals surface area contributed by atoms with Crippen molar-refractivity contribution in [1.29, 1.82) is 0 Å². The standard InChI is InChI=1S/C17H18FNO/c18-14-8-6-12(7-9-14)11-16(19)15-5-1-3-13-4-2-10-20-17(13)15/h1,3,5-9,16H,2,4,10-11,19H2. The van der Waals surface area contributed by atoms with Crippen molar-refractivity contribution in [2.45, 2.75) is 25.3 Å². The van der Waals surface area contributed by atoms with Gasteiger partial charge >= 0.3 is 0 Å². The second-order valence-corrected chi connectivity index (χ2v) is 5.22. The largest absolute Gasteiger partial charge is 0.493 e. The van der Waals surface area contributed by atoms with E-state index in [0.29, 0.717) is 6.42 Å². The average molecular weight is 271 g/mol. The van der Waals surface area contributed by atoms with Crippen LogP contribution in [0.5, 0.6) is 5.75 Å². The molecule has 0 amide bonds. The van der Waals surface area contributed by atoms with E-state index in [4.69, 9.17) is 10.5 Å². The summed E-state index contributed by atoms with van der Waals surface area (Å²) >= 11 is 0. The second kappa shape index (κ2) is 5.63. The first-order valence-corrected chi connectivity index (χ1v) is 6.98. The maximum Gasteiger partial charge on any atom is 0.127 e. The highest BCUT2D eigenvalue weighted by atomic mass is 19.1. The molecule has 3 heteroatoms. The summed E-state index contributed by atoms with van der Waals surface area (Å²) in [6.07, 6.45) is 2.79. The van der Waals surface area contributed by atoms with Crippen molar-refractivity contribution in [1.82, 2.24) is 0 Å². The zero-order valence-corrected chi connectivity index (χ0v) is 11.3. The van der Waals surface area contributed by atoms with Gasteiger partial charge in [-0.25, -0.2) is 4.39 Å². The number of hydrogen-bond acceptors (Lipinski definition) is 2. The lowest BCUT2D eigenvalue weighted by Gasteiger charge is -2.23. The van der Waals surface area contributed by atoms with E-state index < -0.39 is 0 Å². The SMILES string of the molecule is NC(Cc1ccc(F)cc1)c1cccc2c1OCCC2. The van der Waals surface area contributed by atoms with Crippen LogP contribution in [0.3, 0.4) is 0 Å². The van der Waals surface area contributed by atoms with E-state index in [1.807, 2.05) is 12.1 Å². The Kier molecular flexibility index (Phi) is 3.70. The first-order chi connectivity index (χ1) is 9.74. The molecule has 0 saturated heterocycles. The van der Waals surface area contributed by atoms with Crippen LogP contribution in [0, 0.1) is 5.82 Å². The summed E-state index contributed by atoms with van der Waals surface area (Å²) in [7, 11) is 0. The van der Waals surface area contributed by atoms with Gasteiger partial charge in [-0.1, -0.05) is 30.3 Å². The van der Waals surface area contributed by atoms with E-state index in [0.717, 1.165) is 36.3 Å². The Labute approximate surface area is 118 Å². The number of para-hydroxylation sites is 1. The monoisotopic (exact) mass is 271 g/mol. The molecule has 104 valence electrons. The Hall–Kier alpha value is -1.87. The lowest BCUT2D eigenvalue weighted by molar-refractivity contribution is 0.283. The summed E-state index contributed by atoms with van der Waals surface area (Å²) < 4.78 is 18.7. The molecule has 1 aliphatic rings. The predicted octanol–water partition coefficient (Wildman–Crippen LogP) is 3.39. The first kappa shape index (κ1) is 13.1. The number of halogens is 1. The second-order valence-electron chi connectivity index (χ2n) is 5.22. The number of hydrogen-bond donors (Lipinski definition) is 1. The molecule has 1 heterocycles.